The third-order valence-electron chi connectivity index (χ3n) is 2.89. The van der Waals surface area contributed by atoms with Gasteiger partial charge in [0.1, 0.15) is 4.90 Å². The molecule has 0 unspecified atom stereocenters. The van der Waals surface area contributed by atoms with E-state index in [1.165, 1.54) is 25.3 Å². The molecular formula is C16H13NaO5S. The second kappa shape index (κ2) is 8.42. The maximum Gasteiger partial charge on any atom is 1.00 e. The minimum Gasteiger partial charge on any atom is -0.465 e. The molecule has 0 aliphatic rings. The van der Waals surface area contributed by atoms with Crippen LogP contribution >= 0.6 is 0 Å². The maximum absolute atomic E-state index is 11.5. The van der Waals surface area contributed by atoms with E-state index >= 15 is 0 Å². The molecular weight excluding hydrogens is 327 g/mol. The van der Waals surface area contributed by atoms with Gasteiger partial charge in [-0.1, -0.05) is 12.1 Å². The van der Waals surface area contributed by atoms with Crippen LogP contribution in [0.3, 0.4) is 0 Å². The maximum atomic E-state index is 11.5. The van der Waals surface area contributed by atoms with Crippen LogP contribution in [-0.2, 0) is 14.9 Å². The summed E-state index contributed by atoms with van der Waals surface area (Å²) in [6.07, 6.45) is 3.18. The van der Waals surface area contributed by atoms with Gasteiger partial charge < -0.3 is 4.74 Å². The minimum absolute atomic E-state index is 0. The molecule has 2 aromatic carbocycles. The van der Waals surface area contributed by atoms with Crippen LogP contribution in [0.1, 0.15) is 21.5 Å². The van der Waals surface area contributed by atoms with Crippen molar-refractivity contribution in [1.29, 1.82) is 0 Å². The first-order chi connectivity index (χ1) is 10.4. The number of hydrogen-bond donors (Lipinski definition) is 1. The quantitative estimate of drug-likeness (QED) is 0.272. The van der Waals surface area contributed by atoms with Crippen molar-refractivity contribution in [3.8, 4) is 0 Å². The van der Waals surface area contributed by atoms with E-state index in [-0.39, 0.29) is 45.6 Å². The van der Waals surface area contributed by atoms with Crippen molar-refractivity contribution in [3.63, 3.8) is 0 Å². The summed E-state index contributed by atoms with van der Waals surface area (Å²) in [5.74, 6) is -0.683. The first kappa shape index (κ1) is 19.6. The Hall–Kier alpha value is -1.44. The first-order valence-electron chi connectivity index (χ1n) is 6.26. The van der Waals surface area contributed by atoms with Crippen LogP contribution in [0.2, 0.25) is 0 Å². The topological polar surface area (TPSA) is 80.7 Å². The van der Waals surface area contributed by atoms with E-state index in [9.17, 15) is 17.8 Å². The number of benzene rings is 2. The Morgan fingerprint density at radius 3 is 2.52 bits per heavy atom. The summed E-state index contributed by atoms with van der Waals surface area (Å²) >= 11 is 0. The van der Waals surface area contributed by atoms with Gasteiger partial charge in [-0.25, -0.2) is 4.79 Å². The van der Waals surface area contributed by atoms with Crippen LogP contribution in [0.4, 0.5) is 0 Å². The van der Waals surface area contributed by atoms with Crippen molar-refractivity contribution >= 4 is 28.2 Å². The third kappa shape index (κ3) is 5.30. The van der Waals surface area contributed by atoms with Crippen molar-refractivity contribution in [2.24, 2.45) is 0 Å². The van der Waals surface area contributed by atoms with Gasteiger partial charge >= 0.3 is 35.5 Å². The Labute approximate surface area is 157 Å². The van der Waals surface area contributed by atoms with Crippen LogP contribution in [0.5, 0.6) is 0 Å². The summed E-state index contributed by atoms with van der Waals surface area (Å²) in [6.45, 7) is 0. The Morgan fingerprint density at radius 2 is 1.96 bits per heavy atom. The molecule has 114 valence electrons. The molecule has 0 bridgehead atoms. The summed E-state index contributed by atoms with van der Waals surface area (Å²) in [5, 5.41) is 0. The average molecular weight is 340 g/mol. The van der Waals surface area contributed by atoms with Gasteiger partial charge in [-0.2, -0.15) is 14.0 Å². The fraction of sp³-hybridized carbons (Fsp3) is 0.0625. The van der Waals surface area contributed by atoms with Crippen molar-refractivity contribution in [2.45, 2.75) is 4.90 Å². The molecule has 2 rings (SSSR count). The molecule has 5 nitrogen and oxygen atoms in total. The number of carbonyl (C=O) groups excluding carboxylic acids is 1. The van der Waals surface area contributed by atoms with Crippen LogP contribution in [0.25, 0.3) is 12.2 Å². The number of rotatable bonds is 4. The zero-order valence-corrected chi connectivity index (χ0v) is 15.5. The zero-order valence-electron chi connectivity index (χ0n) is 12.7. The van der Waals surface area contributed by atoms with E-state index in [2.05, 4.69) is 10.8 Å². The minimum atomic E-state index is -4.47. The molecule has 0 atom stereocenters. The molecule has 7 heteroatoms. The van der Waals surface area contributed by atoms with Crippen LogP contribution in [0, 0.1) is 6.07 Å². The van der Waals surface area contributed by atoms with Gasteiger partial charge in [-0.3, -0.25) is 4.55 Å². The number of esters is 1. The Morgan fingerprint density at radius 1 is 1.22 bits per heavy atom. The predicted octanol–water partition coefficient (Wildman–Crippen LogP) is -0.306. The molecule has 0 fully saturated rings. The van der Waals surface area contributed by atoms with Crippen LogP contribution in [0.15, 0.2) is 47.4 Å². The fourth-order valence-corrected chi connectivity index (χ4v) is 2.54. The number of ether oxygens (including phenoxy) is 1. The summed E-state index contributed by atoms with van der Waals surface area (Å²) in [7, 11) is -3.28. The molecule has 23 heavy (non-hydrogen) atoms. The van der Waals surface area contributed by atoms with Crippen molar-refractivity contribution in [3.05, 3.63) is 65.2 Å². The molecule has 0 heterocycles. The molecule has 0 aliphatic heterocycles. The van der Waals surface area contributed by atoms with Crippen molar-refractivity contribution < 1.29 is 52.1 Å². The standard InChI is InChI=1S/C16H13O5S.Na/c1-21-16(17)14-10-9-13(15(11-14)22(18,19)20)8-7-12-5-3-2-4-6-12;/h2-5,7-11H,1H3,(H,18,19,20);/q-1;+1/b8-7+;. The van der Waals surface area contributed by atoms with Crippen molar-refractivity contribution in [1.82, 2.24) is 0 Å². The molecule has 2 aromatic rings. The normalized spacial score (nSPS) is 11.0. The Balaban J connectivity index is 0.00000264. The van der Waals surface area contributed by atoms with Gasteiger partial charge in [-0.15, -0.1) is 36.4 Å². The molecule has 0 aliphatic carbocycles. The molecule has 1 N–H and O–H groups in total. The smallest absolute Gasteiger partial charge is 0.465 e. The summed E-state index contributed by atoms with van der Waals surface area (Å²) in [6, 6.07) is 14.0. The van der Waals surface area contributed by atoms with Gasteiger partial charge in [0.25, 0.3) is 10.1 Å². The van der Waals surface area contributed by atoms with E-state index in [4.69, 9.17) is 0 Å². The zero-order chi connectivity index (χ0) is 16.2. The van der Waals surface area contributed by atoms with E-state index in [1.54, 1.807) is 18.2 Å². The summed E-state index contributed by atoms with van der Waals surface area (Å²) in [5.41, 5.74) is 1.05. The van der Waals surface area contributed by atoms with E-state index in [1.807, 2.05) is 12.1 Å². The number of carbonyl (C=O) groups is 1. The fourth-order valence-electron chi connectivity index (χ4n) is 1.83. The molecule has 0 radical (unpaired) electrons. The Bertz CT molecular complexity index is 814. The van der Waals surface area contributed by atoms with Gasteiger partial charge in [0.05, 0.1) is 12.7 Å². The van der Waals surface area contributed by atoms with Gasteiger partial charge in [0.2, 0.25) is 0 Å². The van der Waals surface area contributed by atoms with Gasteiger partial charge in [-0.05, 0) is 17.7 Å². The van der Waals surface area contributed by atoms with Crippen LogP contribution < -0.4 is 29.6 Å². The molecule has 0 saturated carbocycles. The number of hydrogen-bond acceptors (Lipinski definition) is 4. The molecule has 0 amide bonds. The van der Waals surface area contributed by atoms with Gasteiger partial charge in [0, 0.05) is 0 Å². The SMILES string of the molecule is COC(=O)c1ccc(/C=C/c2[c-]cccc2)c(S(=O)(=O)O)c1.[Na+]. The first-order valence-corrected chi connectivity index (χ1v) is 7.70. The summed E-state index contributed by atoms with van der Waals surface area (Å²) in [4.78, 5) is 11.1. The molecule has 0 spiro atoms. The van der Waals surface area contributed by atoms with E-state index in [0.717, 1.165) is 11.6 Å². The van der Waals surface area contributed by atoms with Gasteiger partial charge in [0.15, 0.2) is 0 Å². The largest absolute Gasteiger partial charge is 1.00 e. The van der Waals surface area contributed by atoms with Crippen LogP contribution in [-0.4, -0.2) is 26.0 Å². The third-order valence-corrected chi connectivity index (χ3v) is 3.80. The average Bonchev–Trinajstić information content (AvgIpc) is 2.52. The van der Waals surface area contributed by atoms with Crippen molar-refractivity contribution in [2.75, 3.05) is 7.11 Å². The predicted molar refractivity (Wildman–Crippen MR) is 81.8 cm³/mol. The monoisotopic (exact) mass is 340 g/mol. The van der Waals surface area contributed by atoms with E-state index in [0.29, 0.717) is 0 Å². The van der Waals surface area contributed by atoms with E-state index < -0.39 is 16.1 Å². The molecule has 0 aromatic heterocycles. The Kier molecular flexibility index (Phi) is 7.18. The molecule has 0 saturated heterocycles. The second-order valence-electron chi connectivity index (χ2n) is 4.37. The second-order valence-corrected chi connectivity index (χ2v) is 5.76. The summed E-state index contributed by atoms with van der Waals surface area (Å²) < 4.78 is 36.8. The number of methoxy groups -OCH3 is 1.